The lowest BCUT2D eigenvalue weighted by Gasteiger charge is -2.32. The molecule has 100 valence electrons. The van der Waals surface area contributed by atoms with Crippen LogP contribution >= 0.6 is 11.6 Å². The fourth-order valence-corrected chi connectivity index (χ4v) is 2.52. The molecule has 0 aliphatic heterocycles. The third-order valence-electron chi connectivity index (χ3n) is 3.08. The van der Waals surface area contributed by atoms with Gasteiger partial charge in [0.15, 0.2) is 0 Å². The van der Waals surface area contributed by atoms with Crippen molar-refractivity contribution >= 4 is 17.6 Å². The van der Waals surface area contributed by atoms with E-state index in [-0.39, 0.29) is 5.92 Å². The molecule has 1 aromatic carbocycles. The van der Waals surface area contributed by atoms with Gasteiger partial charge >= 0.3 is 5.97 Å². The lowest BCUT2D eigenvalue weighted by molar-refractivity contribution is -0.154. The molecular weight excluding hydrogens is 252 g/mol. The maximum absolute atomic E-state index is 11.3. The minimum absolute atomic E-state index is 0.134. The second kappa shape index (κ2) is 5.72. The van der Waals surface area contributed by atoms with E-state index in [1.54, 1.807) is 45.0 Å². The standard InChI is InChI=1S/C14H19ClO3/c1-9(2)12(13(16)17)14(3,18)8-10-4-6-11(15)7-5-10/h4-7,9,12,18H,8H2,1-3H3,(H,16,17). The van der Waals surface area contributed by atoms with Crippen LogP contribution in [0.4, 0.5) is 0 Å². The molecule has 0 saturated heterocycles. The van der Waals surface area contributed by atoms with E-state index in [1.807, 2.05) is 0 Å². The molecule has 0 bridgehead atoms. The van der Waals surface area contributed by atoms with Crippen LogP contribution in [0.2, 0.25) is 5.02 Å². The molecule has 0 aliphatic carbocycles. The van der Waals surface area contributed by atoms with Crippen LogP contribution in [0.5, 0.6) is 0 Å². The lowest BCUT2D eigenvalue weighted by atomic mass is 9.77. The Bertz CT molecular complexity index is 410. The number of carboxylic acid groups (broad SMARTS) is 1. The molecule has 1 rings (SSSR count). The fraction of sp³-hybridized carbons (Fsp3) is 0.500. The summed E-state index contributed by atoms with van der Waals surface area (Å²) in [6, 6.07) is 7.07. The van der Waals surface area contributed by atoms with E-state index in [0.29, 0.717) is 11.4 Å². The van der Waals surface area contributed by atoms with E-state index in [2.05, 4.69) is 0 Å². The molecule has 0 aromatic heterocycles. The van der Waals surface area contributed by atoms with Crippen LogP contribution in [-0.4, -0.2) is 21.8 Å². The van der Waals surface area contributed by atoms with Gasteiger partial charge in [-0.25, -0.2) is 0 Å². The zero-order valence-corrected chi connectivity index (χ0v) is 11.6. The number of hydrogen-bond donors (Lipinski definition) is 2. The quantitative estimate of drug-likeness (QED) is 0.865. The average molecular weight is 271 g/mol. The van der Waals surface area contributed by atoms with Gasteiger partial charge in [-0.3, -0.25) is 4.79 Å². The molecule has 0 saturated carbocycles. The van der Waals surface area contributed by atoms with Gasteiger partial charge in [-0.15, -0.1) is 0 Å². The Morgan fingerprint density at radius 2 is 1.83 bits per heavy atom. The van der Waals surface area contributed by atoms with E-state index in [9.17, 15) is 15.0 Å². The first kappa shape index (κ1) is 15.0. The van der Waals surface area contributed by atoms with Gasteiger partial charge in [-0.2, -0.15) is 0 Å². The number of rotatable bonds is 5. The van der Waals surface area contributed by atoms with Crippen molar-refractivity contribution in [1.82, 2.24) is 0 Å². The monoisotopic (exact) mass is 270 g/mol. The van der Waals surface area contributed by atoms with Gasteiger partial charge in [0.05, 0.1) is 11.5 Å². The van der Waals surface area contributed by atoms with Gasteiger partial charge in [-0.1, -0.05) is 37.6 Å². The Morgan fingerprint density at radius 3 is 2.22 bits per heavy atom. The molecule has 0 spiro atoms. The minimum Gasteiger partial charge on any atom is -0.481 e. The van der Waals surface area contributed by atoms with E-state index < -0.39 is 17.5 Å². The lowest BCUT2D eigenvalue weighted by Crippen LogP contribution is -2.44. The number of carboxylic acids is 1. The maximum atomic E-state index is 11.3. The van der Waals surface area contributed by atoms with Gasteiger partial charge in [-0.05, 0) is 30.5 Å². The van der Waals surface area contributed by atoms with E-state index >= 15 is 0 Å². The molecule has 18 heavy (non-hydrogen) atoms. The van der Waals surface area contributed by atoms with Crippen molar-refractivity contribution in [3.8, 4) is 0 Å². The van der Waals surface area contributed by atoms with Crippen LogP contribution in [0.15, 0.2) is 24.3 Å². The van der Waals surface area contributed by atoms with Crippen LogP contribution in [0, 0.1) is 11.8 Å². The minimum atomic E-state index is -1.28. The van der Waals surface area contributed by atoms with Gasteiger partial charge in [0.2, 0.25) is 0 Å². The number of aliphatic hydroxyl groups is 1. The highest BCUT2D eigenvalue weighted by Gasteiger charge is 2.39. The van der Waals surface area contributed by atoms with Crippen molar-refractivity contribution in [3.63, 3.8) is 0 Å². The van der Waals surface area contributed by atoms with Gasteiger partial charge in [0, 0.05) is 11.4 Å². The van der Waals surface area contributed by atoms with Crippen molar-refractivity contribution in [2.24, 2.45) is 11.8 Å². The highest BCUT2D eigenvalue weighted by atomic mass is 35.5. The Kier molecular flexibility index (Phi) is 4.77. The first-order valence-electron chi connectivity index (χ1n) is 5.93. The number of aliphatic carboxylic acids is 1. The Labute approximate surface area is 112 Å². The summed E-state index contributed by atoms with van der Waals surface area (Å²) in [7, 11) is 0. The Hall–Kier alpha value is -1.06. The third-order valence-corrected chi connectivity index (χ3v) is 3.33. The largest absolute Gasteiger partial charge is 0.481 e. The Morgan fingerprint density at radius 1 is 1.33 bits per heavy atom. The summed E-state index contributed by atoms with van der Waals surface area (Å²) in [5, 5.41) is 20.3. The van der Waals surface area contributed by atoms with Crippen LogP contribution in [-0.2, 0) is 11.2 Å². The summed E-state index contributed by atoms with van der Waals surface area (Å²) in [6.07, 6.45) is 0.291. The van der Waals surface area contributed by atoms with E-state index in [0.717, 1.165) is 5.56 Å². The normalized spacial score (nSPS) is 16.3. The molecule has 3 nitrogen and oxygen atoms in total. The molecule has 0 amide bonds. The number of halogens is 1. The van der Waals surface area contributed by atoms with Crippen molar-refractivity contribution in [2.45, 2.75) is 32.8 Å². The number of benzene rings is 1. The van der Waals surface area contributed by atoms with E-state index in [4.69, 9.17) is 11.6 Å². The SMILES string of the molecule is CC(C)C(C(=O)O)C(C)(O)Cc1ccc(Cl)cc1. The van der Waals surface area contributed by atoms with Crippen LogP contribution in [0.1, 0.15) is 26.3 Å². The summed E-state index contributed by atoms with van der Waals surface area (Å²) >= 11 is 5.79. The smallest absolute Gasteiger partial charge is 0.309 e. The van der Waals surface area contributed by atoms with Gasteiger partial charge in [0.25, 0.3) is 0 Å². The summed E-state index contributed by atoms with van der Waals surface area (Å²) in [4.78, 5) is 11.3. The molecule has 0 aliphatic rings. The zero-order chi connectivity index (χ0) is 13.9. The predicted molar refractivity (Wildman–Crippen MR) is 71.7 cm³/mol. The topological polar surface area (TPSA) is 57.5 Å². The second-order valence-electron chi connectivity index (χ2n) is 5.22. The summed E-state index contributed by atoms with van der Waals surface area (Å²) in [5.74, 6) is -1.90. The van der Waals surface area contributed by atoms with Gasteiger partial charge in [0.1, 0.15) is 0 Å². The first-order valence-corrected chi connectivity index (χ1v) is 6.31. The van der Waals surface area contributed by atoms with Gasteiger partial charge < -0.3 is 10.2 Å². The van der Waals surface area contributed by atoms with Crippen LogP contribution in [0.3, 0.4) is 0 Å². The number of carbonyl (C=O) groups is 1. The zero-order valence-electron chi connectivity index (χ0n) is 10.9. The molecule has 2 atom stereocenters. The first-order chi connectivity index (χ1) is 8.24. The van der Waals surface area contributed by atoms with Crippen molar-refractivity contribution < 1.29 is 15.0 Å². The predicted octanol–water partition coefficient (Wildman–Crippen LogP) is 2.99. The Balaban J connectivity index is 2.91. The molecule has 1 aromatic rings. The summed E-state index contributed by atoms with van der Waals surface area (Å²) in [6.45, 7) is 5.17. The van der Waals surface area contributed by atoms with Crippen LogP contribution < -0.4 is 0 Å². The molecular formula is C14H19ClO3. The van der Waals surface area contributed by atoms with Crippen molar-refractivity contribution in [2.75, 3.05) is 0 Å². The highest BCUT2D eigenvalue weighted by molar-refractivity contribution is 6.30. The van der Waals surface area contributed by atoms with Crippen LogP contribution in [0.25, 0.3) is 0 Å². The maximum Gasteiger partial charge on any atom is 0.309 e. The number of hydrogen-bond acceptors (Lipinski definition) is 2. The third kappa shape index (κ3) is 3.72. The summed E-state index contributed by atoms with van der Waals surface area (Å²) < 4.78 is 0. The average Bonchev–Trinajstić information content (AvgIpc) is 2.19. The fourth-order valence-electron chi connectivity index (χ4n) is 2.39. The molecule has 0 radical (unpaired) electrons. The second-order valence-corrected chi connectivity index (χ2v) is 5.66. The highest BCUT2D eigenvalue weighted by Crippen LogP contribution is 2.29. The molecule has 2 unspecified atom stereocenters. The van der Waals surface area contributed by atoms with Crippen molar-refractivity contribution in [1.29, 1.82) is 0 Å². The molecule has 4 heteroatoms. The molecule has 2 N–H and O–H groups in total. The summed E-state index contributed by atoms with van der Waals surface area (Å²) in [5.41, 5.74) is -0.412. The molecule has 0 heterocycles. The van der Waals surface area contributed by atoms with Crippen molar-refractivity contribution in [3.05, 3.63) is 34.9 Å². The van der Waals surface area contributed by atoms with E-state index in [1.165, 1.54) is 0 Å². The molecule has 0 fully saturated rings.